The van der Waals surface area contributed by atoms with Crippen molar-refractivity contribution in [2.24, 2.45) is 5.14 Å². The van der Waals surface area contributed by atoms with Crippen LogP contribution in [0.4, 0.5) is 0 Å². The van der Waals surface area contributed by atoms with Gasteiger partial charge in [0.2, 0.25) is 10.0 Å². The van der Waals surface area contributed by atoms with Crippen molar-refractivity contribution in [3.05, 3.63) is 64.7 Å². The Morgan fingerprint density at radius 3 is 1.52 bits per heavy atom. The number of sulfonamides is 1. The molecule has 3 rings (SSSR count). The number of primary sulfonamides is 1. The first-order valence-corrected chi connectivity index (χ1v) is 10.1. The first-order chi connectivity index (χ1) is 12.8. The van der Waals surface area contributed by atoms with Crippen LogP contribution in [0.25, 0.3) is 0 Å². The molecule has 2 aromatic rings. The van der Waals surface area contributed by atoms with Crippen molar-refractivity contribution in [3.8, 4) is 0 Å². The number of carbonyl (C=O) groups excluding carboxylic acids is 2. The van der Waals surface area contributed by atoms with Crippen molar-refractivity contribution < 1.29 is 18.0 Å². The second-order valence-corrected chi connectivity index (χ2v) is 8.16. The third kappa shape index (κ3) is 4.47. The van der Waals surface area contributed by atoms with Gasteiger partial charge in [0.1, 0.15) is 0 Å². The van der Waals surface area contributed by atoms with E-state index in [2.05, 4.69) is 0 Å². The molecular formula is C18H18ClN3O4S. The maximum Gasteiger partial charge on any atom is 0.253 e. The molecule has 0 unspecified atom stereocenters. The molecule has 0 atom stereocenters. The van der Waals surface area contributed by atoms with E-state index in [9.17, 15) is 18.0 Å². The van der Waals surface area contributed by atoms with E-state index in [0.29, 0.717) is 42.3 Å². The molecule has 142 valence electrons. The van der Waals surface area contributed by atoms with Crippen LogP contribution in [0.5, 0.6) is 0 Å². The third-order valence-corrected chi connectivity index (χ3v) is 5.56. The molecule has 27 heavy (non-hydrogen) atoms. The van der Waals surface area contributed by atoms with Gasteiger partial charge >= 0.3 is 0 Å². The molecule has 1 saturated heterocycles. The fourth-order valence-corrected chi connectivity index (χ4v) is 3.50. The van der Waals surface area contributed by atoms with E-state index in [-0.39, 0.29) is 16.7 Å². The van der Waals surface area contributed by atoms with Crippen LogP contribution in [0.1, 0.15) is 20.7 Å². The van der Waals surface area contributed by atoms with E-state index < -0.39 is 10.0 Å². The third-order valence-electron chi connectivity index (χ3n) is 4.38. The molecule has 7 nitrogen and oxygen atoms in total. The highest BCUT2D eigenvalue weighted by Crippen LogP contribution is 2.15. The van der Waals surface area contributed by atoms with Crippen molar-refractivity contribution in [1.82, 2.24) is 9.80 Å². The van der Waals surface area contributed by atoms with E-state index in [1.807, 2.05) is 0 Å². The van der Waals surface area contributed by atoms with Gasteiger partial charge in [-0.25, -0.2) is 13.6 Å². The number of hydrogen-bond acceptors (Lipinski definition) is 4. The number of rotatable bonds is 3. The van der Waals surface area contributed by atoms with Crippen LogP contribution in [-0.2, 0) is 10.0 Å². The Labute approximate surface area is 162 Å². The Morgan fingerprint density at radius 1 is 0.778 bits per heavy atom. The lowest BCUT2D eigenvalue weighted by Gasteiger charge is -2.35. The van der Waals surface area contributed by atoms with E-state index in [0.717, 1.165) is 0 Å². The summed E-state index contributed by atoms with van der Waals surface area (Å²) in [7, 11) is -3.79. The van der Waals surface area contributed by atoms with Gasteiger partial charge in [-0.3, -0.25) is 9.59 Å². The summed E-state index contributed by atoms with van der Waals surface area (Å²) in [4.78, 5) is 28.4. The minimum absolute atomic E-state index is 0.0440. The van der Waals surface area contributed by atoms with Crippen molar-refractivity contribution in [2.75, 3.05) is 26.2 Å². The predicted octanol–water partition coefficient (Wildman–Crippen LogP) is 1.59. The standard InChI is InChI=1S/C18H18ClN3O4S/c19-15-5-1-13(2-6-15)17(23)21-9-11-22(12-10-21)18(24)14-3-7-16(8-4-14)27(20,25)26/h1-8H,9-12H2,(H2,20,25,26). The molecule has 1 aliphatic heterocycles. The summed E-state index contributed by atoms with van der Waals surface area (Å²) in [5, 5.41) is 5.62. The van der Waals surface area contributed by atoms with Gasteiger partial charge in [0, 0.05) is 42.3 Å². The maximum absolute atomic E-state index is 12.6. The molecule has 1 aliphatic rings. The van der Waals surface area contributed by atoms with E-state index in [1.54, 1.807) is 34.1 Å². The molecule has 0 spiro atoms. The number of piperazine rings is 1. The summed E-state index contributed by atoms with van der Waals surface area (Å²) < 4.78 is 22.6. The van der Waals surface area contributed by atoms with Gasteiger partial charge in [0.25, 0.3) is 11.8 Å². The highest BCUT2D eigenvalue weighted by molar-refractivity contribution is 7.89. The largest absolute Gasteiger partial charge is 0.335 e. The second-order valence-electron chi connectivity index (χ2n) is 6.16. The van der Waals surface area contributed by atoms with Crippen LogP contribution >= 0.6 is 11.6 Å². The molecule has 0 aliphatic carbocycles. The fraction of sp³-hybridized carbons (Fsp3) is 0.222. The molecule has 2 N–H and O–H groups in total. The monoisotopic (exact) mass is 407 g/mol. The summed E-state index contributed by atoms with van der Waals surface area (Å²) >= 11 is 5.84. The van der Waals surface area contributed by atoms with Gasteiger partial charge in [-0.15, -0.1) is 0 Å². The Kier molecular flexibility index (Phi) is 5.50. The normalized spacial score (nSPS) is 14.9. The summed E-state index contributed by atoms with van der Waals surface area (Å²) in [5.74, 6) is -0.314. The van der Waals surface area contributed by atoms with Crippen LogP contribution in [-0.4, -0.2) is 56.2 Å². The zero-order valence-corrected chi connectivity index (χ0v) is 15.9. The van der Waals surface area contributed by atoms with Crippen LogP contribution in [0.2, 0.25) is 5.02 Å². The molecule has 0 saturated carbocycles. The summed E-state index contributed by atoms with van der Waals surface area (Å²) in [6.07, 6.45) is 0. The molecule has 0 radical (unpaired) electrons. The zero-order valence-electron chi connectivity index (χ0n) is 14.3. The minimum atomic E-state index is -3.79. The molecular weight excluding hydrogens is 390 g/mol. The summed E-state index contributed by atoms with van der Waals surface area (Å²) in [6, 6.07) is 12.2. The van der Waals surface area contributed by atoms with E-state index in [4.69, 9.17) is 16.7 Å². The molecule has 1 fully saturated rings. The molecule has 2 amide bonds. The number of nitrogens with two attached hydrogens (primary N) is 1. The van der Waals surface area contributed by atoms with Crippen molar-refractivity contribution >= 4 is 33.4 Å². The quantitative estimate of drug-likeness (QED) is 0.834. The van der Waals surface area contributed by atoms with Crippen molar-refractivity contribution in [1.29, 1.82) is 0 Å². The average Bonchev–Trinajstić information content (AvgIpc) is 2.67. The second kappa shape index (κ2) is 7.67. The number of halogens is 1. The van der Waals surface area contributed by atoms with Crippen LogP contribution in [0.15, 0.2) is 53.4 Å². The van der Waals surface area contributed by atoms with Crippen molar-refractivity contribution in [2.45, 2.75) is 4.90 Å². The summed E-state index contributed by atoms with van der Waals surface area (Å²) in [5.41, 5.74) is 0.928. The SMILES string of the molecule is NS(=O)(=O)c1ccc(C(=O)N2CCN(C(=O)c3ccc(Cl)cc3)CC2)cc1. The van der Waals surface area contributed by atoms with Gasteiger partial charge < -0.3 is 9.80 Å². The first kappa shape index (κ1) is 19.3. The number of benzene rings is 2. The minimum Gasteiger partial charge on any atom is -0.335 e. The van der Waals surface area contributed by atoms with Gasteiger partial charge in [0.05, 0.1) is 4.90 Å². The fourth-order valence-electron chi connectivity index (χ4n) is 2.86. The van der Waals surface area contributed by atoms with Crippen LogP contribution < -0.4 is 5.14 Å². The van der Waals surface area contributed by atoms with Gasteiger partial charge in [-0.2, -0.15) is 0 Å². The Hall–Kier alpha value is -2.42. The Bertz CT molecular complexity index is 951. The Balaban J connectivity index is 1.62. The van der Waals surface area contributed by atoms with E-state index in [1.165, 1.54) is 24.3 Å². The lowest BCUT2D eigenvalue weighted by atomic mass is 10.1. The Morgan fingerprint density at radius 2 is 1.15 bits per heavy atom. The molecule has 0 bridgehead atoms. The molecule has 9 heteroatoms. The average molecular weight is 408 g/mol. The topological polar surface area (TPSA) is 101 Å². The van der Waals surface area contributed by atoms with E-state index >= 15 is 0 Å². The van der Waals surface area contributed by atoms with Crippen LogP contribution in [0, 0.1) is 0 Å². The summed E-state index contributed by atoms with van der Waals surface area (Å²) in [6.45, 7) is 1.63. The highest BCUT2D eigenvalue weighted by atomic mass is 35.5. The predicted molar refractivity (Wildman–Crippen MR) is 101 cm³/mol. The van der Waals surface area contributed by atoms with Gasteiger partial charge in [-0.05, 0) is 48.5 Å². The smallest absolute Gasteiger partial charge is 0.253 e. The molecule has 2 aromatic carbocycles. The molecule has 1 heterocycles. The van der Waals surface area contributed by atoms with Crippen LogP contribution in [0.3, 0.4) is 0 Å². The van der Waals surface area contributed by atoms with Gasteiger partial charge in [-0.1, -0.05) is 11.6 Å². The number of nitrogens with zero attached hydrogens (tertiary/aromatic N) is 2. The molecule has 0 aromatic heterocycles. The maximum atomic E-state index is 12.6. The lowest BCUT2D eigenvalue weighted by molar-refractivity contribution is 0.0535. The zero-order chi connectivity index (χ0) is 19.6. The number of amides is 2. The highest BCUT2D eigenvalue weighted by Gasteiger charge is 2.25. The first-order valence-electron chi connectivity index (χ1n) is 8.23. The lowest BCUT2D eigenvalue weighted by Crippen LogP contribution is -2.50. The van der Waals surface area contributed by atoms with Crippen molar-refractivity contribution in [3.63, 3.8) is 0 Å². The van der Waals surface area contributed by atoms with Gasteiger partial charge in [0.15, 0.2) is 0 Å². The number of carbonyl (C=O) groups is 2. The number of hydrogen-bond donors (Lipinski definition) is 1.